The average Bonchev–Trinajstić information content (AvgIpc) is 0.918. The summed E-state index contributed by atoms with van der Waals surface area (Å²) in [5.74, 6) is 0. The molecule has 0 unspecified atom stereocenters. The van der Waals surface area contributed by atoms with Crippen molar-refractivity contribution >= 4 is 0 Å². The molecule has 4 heavy (non-hydrogen) atoms. The van der Waals surface area contributed by atoms with Crippen molar-refractivity contribution in [3.8, 4) is 0 Å². The molecule has 4 heteroatoms. The Kier molecular flexibility index (Phi) is 28.8. The Hall–Kier alpha value is -0.0805. The molecule has 0 aromatic rings. The Bertz CT molecular complexity index is 13.5. The third-order valence-corrected chi connectivity index (χ3v) is 0. The summed E-state index contributed by atoms with van der Waals surface area (Å²) in [5.41, 5.74) is 0. The molecule has 0 rings (SSSR count). The van der Waals surface area contributed by atoms with E-state index >= 15 is 0 Å². The average molecular weight is 103 g/mol. The second-order valence-corrected chi connectivity index (χ2v) is 0.0833. The Morgan fingerprint density at radius 2 is 1.75 bits per heavy atom. The van der Waals surface area contributed by atoms with Crippen LogP contribution in [0.25, 0.3) is 0 Å². The van der Waals surface area contributed by atoms with Crippen LogP contribution in [0.4, 0.5) is 0 Å². The fraction of sp³-hybridized carbons (Fsp3) is 0. The first-order valence-electron chi connectivity index (χ1n) is 0.408. The van der Waals surface area contributed by atoms with Crippen molar-refractivity contribution in [1.82, 2.24) is 0 Å². The van der Waals surface area contributed by atoms with Gasteiger partial charge in [0.25, 0.3) is 0 Å². The van der Waals surface area contributed by atoms with E-state index in [-0.39, 0.29) is 22.4 Å². The minimum atomic E-state index is 0. The molecule has 26 valence electrons. The van der Waals surface area contributed by atoms with E-state index in [9.17, 15) is 0 Å². The predicted molar refractivity (Wildman–Crippen MR) is 7.70 cm³/mol. The molecule has 0 atom stereocenters. The van der Waals surface area contributed by atoms with Crippen LogP contribution in [0.3, 0.4) is 0 Å². The van der Waals surface area contributed by atoms with Crippen LogP contribution in [0, 0.1) is 10.1 Å². The van der Waals surface area contributed by atoms with Gasteiger partial charge in [0.15, 0.2) is 0 Å². The third kappa shape index (κ3) is 250. The third-order valence-electron chi connectivity index (χ3n) is 0. The molecular formula is HFeNO2. The zero-order valence-electron chi connectivity index (χ0n) is 1.67. The minimum absolute atomic E-state index is 0. The fourth-order valence-corrected chi connectivity index (χ4v) is 0. The molecule has 0 aliphatic carbocycles. The van der Waals surface area contributed by atoms with E-state index in [1.54, 1.807) is 0 Å². The van der Waals surface area contributed by atoms with Crippen molar-refractivity contribution in [1.29, 1.82) is 0 Å². The summed E-state index contributed by atoms with van der Waals surface area (Å²) in [6, 6.07) is 0. The van der Waals surface area contributed by atoms with Crippen molar-refractivity contribution in [2.75, 3.05) is 0 Å². The van der Waals surface area contributed by atoms with Crippen LogP contribution in [0.15, 0.2) is 0 Å². The van der Waals surface area contributed by atoms with E-state index in [2.05, 4.69) is 0 Å². The van der Waals surface area contributed by atoms with Gasteiger partial charge in [-0.15, -0.1) is 0 Å². The zero-order chi connectivity index (χ0) is 2.71. The van der Waals surface area contributed by atoms with Crippen LogP contribution in [0.5, 0.6) is 0 Å². The van der Waals surface area contributed by atoms with Crippen molar-refractivity contribution in [2.24, 2.45) is 0 Å². The van der Waals surface area contributed by atoms with Gasteiger partial charge in [-0.25, -0.2) is 0 Å². The molecule has 1 N–H and O–H groups in total. The van der Waals surface area contributed by atoms with Crippen LogP contribution in [0.1, 0.15) is 0 Å². The molecule has 0 saturated carbocycles. The summed E-state index contributed by atoms with van der Waals surface area (Å²) in [5, 5.41) is 8.38. The molecule has 0 radical (unpaired) electrons. The van der Waals surface area contributed by atoms with Crippen molar-refractivity contribution in [2.45, 2.75) is 0 Å². The molecule has 0 heterocycles. The Labute approximate surface area is 33.4 Å². The van der Waals surface area contributed by atoms with Crippen molar-refractivity contribution in [3.05, 3.63) is 10.1 Å². The first-order chi connectivity index (χ1) is 1.41. The monoisotopic (exact) mass is 103 g/mol. The molecule has 0 bridgehead atoms. The zero-order valence-corrected chi connectivity index (χ0v) is 2.77. The van der Waals surface area contributed by atoms with Gasteiger partial charge in [0.2, 0.25) is 0 Å². The van der Waals surface area contributed by atoms with E-state index in [1.807, 2.05) is 0 Å². The standard InChI is InChI=1S/Fe.HNO2/c;2-1-3/h;1H. The topological polar surface area (TPSA) is 54.1 Å². The van der Waals surface area contributed by atoms with Gasteiger partial charge >= 0.3 is 0 Å². The van der Waals surface area contributed by atoms with E-state index in [1.165, 1.54) is 0 Å². The quantitative estimate of drug-likeness (QED) is 0.226. The normalized spacial score (nSPS) is 3.00. The molecule has 3 nitrogen and oxygen atoms in total. The molecule has 0 aliphatic heterocycles. The number of hydrogen-bond acceptors (Lipinski definition) is 2. The molecule has 0 aromatic carbocycles. The first kappa shape index (κ1) is 9.07. The summed E-state index contributed by atoms with van der Waals surface area (Å²) in [4.78, 5) is 8.12. The van der Waals surface area contributed by atoms with Crippen LogP contribution >= 0.6 is 0 Å². The van der Waals surface area contributed by atoms with Crippen LogP contribution in [-0.2, 0) is 17.1 Å². The largest absolute Gasteiger partial charge is 0.267 e. The number of rotatable bonds is 0. The Morgan fingerprint density at radius 3 is 1.75 bits per heavy atom. The maximum Gasteiger partial charge on any atom is 0.00366 e. The molecule has 0 aliphatic rings. The molecule has 0 fully saturated rings. The van der Waals surface area contributed by atoms with Gasteiger partial charge in [-0.3, -0.25) is 10.1 Å². The smallest absolute Gasteiger partial charge is 0.00366 e. The molecule has 0 spiro atoms. The molecular weight excluding hydrogens is 102 g/mol. The molecule has 0 saturated heterocycles. The van der Waals surface area contributed by atoms with E-state index < -0.39 is 0 Å². The Balaban J connectivity index is 0. The second kappa shape index (κ2) is 12.7. The van der Waals surface area contributed by atoms with Crippen molar-refractivity contribution in [3.63, 3.8) is 0 Å². The summed E-state index contributed by atoms with van der Waals surface area (Å²) >= 11 is 0. The van der Waals surface area contributed by atoms with Gasteiger partial charge < -0.3 is 0 Å². The van der Waals surface area contributed by atoms with Crippen LogP contribution in [-0.4, -0.2) is 0 Å². The predicted octanol–water partition coefficient (Wildman–Crippen LogP) is -1.67. The fourth-order valence-electron chi connectivity index (χ4n) is 0. The van der Waals surface area contributed by atoms with Gasteiger partial charge in [-0.05, 0) is 0 Å². The van der Waals surface area contributed by atoms with E-state index in [0.29, 0.717) is 0 Å². The van der Waals surface area contributed by atoms with Gasteiger partial charge in [0, 0.05) is 22.4 Å². The van der Waals surface area contributed by atoms with Crippen LogP contribution in [0.2, 0.25) is 0 Å². The Morgan fingerprint density at radius 1 is 1.75 bits per heavy atom. The minimum Gasteiger partial charge on any atom is -0.267 e. The van der Waals surface area contributed by atoms with Gasteiger partial charge in [0.1, 0.15) is 0 Å². The summed E-state index contributed by atoms with van der Waals surface area (Å²) in [6.07, 6.45) is 0. The molecule has 0 amide bonds. The number of nitrogens with one attached hydrogen (secondary N) is 1. The maximum absolute atomic E-state index is 8.12. The first-order valence-corrected chi connectivity index (χ1v) is 0.408. The number of hydrogen-bond donors (Lipinski definition) is 1. The van der Waals surface area contributed by atoms with Gasteiger partial charge in [-0.1, -0.05) is 0 Å². The van der Waals surface area contributed by atoms with Crippen LogP contribution < -0.4 is 5.34 Å². The summed E-state index contributed by atoms with van der Waals surface area (Å²) in [7, 11) is 0. The van der Waals surface area contributed by atoms with Gasteiger partial charge in [-0.2, -0.15) is 0 Å². The maximum atomic E-state index is 8.12. The van der Waals surface area contributed by atoms with E-state index in [4.69, 9.17) is 10.1 Å². The SMILES string of the molecule is O=[NH+][O-].[Fe]. The van der Waals surface area contributed by atoms with E-state index in [0.717, 1.165) is 0 Å². The van der Waals surface area contributed by atoms with Gasteiger partial charge in [0.05, 0.1) is 0 Å². The van der Waals surface area contributed by atoms with Crippen molar-refractivity contribution < 1.29 is 22.4 Å². The second-order valence-electron chi connectivity index (χ2n) is 0.0833. The summed E-state index contributed by atoms with van der Waals surface area (Å²) < 4.78 is 0. The summed E-state index contributed by atoms with van der Waals surface area (Å²) in [6.45, 7) is 0. The molecule has 0 aromatic heterocycles.